The number of amides is 2. The Bertz CT molecular complexity index is 578. The third kappa shape index (κ3) is 4.15. The second-order valence-corrected chi connectivity index (χ2v) is 6.14. The zero-order chi connectivity index (χ0) is 17.0. The van der Waals surface area contributed by atoms with Gasteiger partial charge in [-0.1, -0.05) is 13.8 Å². The maximum absolute atomic E-state index is 11.9. The summed E-state index contributed by atoms with van der Waals surface area (Å²) in [5.74, 6) is 0.902. The van der Waals surface area contributed by atoms with Crippen LogP contribution in [0.3, 0.4) is 0 Å². The molecule has 6 nitrogen and oxygen atoms in total. The van der Waals surface area contributed by atoms with Crippen LogP contribution >= 0.6 is 0 Å². The molecule has 2 amide bonds. The Balaban J connectivity index is 2.16. The summed E-state index contributed by atoms with van der Waals surface area (Å²) in [6.45, 7) is 4.74. The molecule has 0 bridgehead atoms. The lowest BCUT2D eigenvalue weighted by Crippen LogP contribution is -2.36. The van der Waals surface area contributed by atoms with Crippen molar-refractivity contribution in [3.8, 4) is 5.75 Å². The summed E-state index contributed by atoms with van der Waals surface area (Å²) in [6.07, 6.45) is 0.641. The molecule has 0 aromatic heterocycles. The van der Waals surface area contributed by atoms with Crippen molar-refractivity contribution in [3.63, 3.8) is 0 Å². The summed E-state index contributed by atoms with van der Waals surface area (Å²) in [7, 11) is 1.62. The molecule has 2 N–H and O–H groups in total. The second-order valence-electron chi connectivity index (χ2n) is 6.14. The van der Waals surface area contributed by atoms with Gasteiger partial charge >= 0.3 is 6.09 Å². The fraction of sp³-hybridized carbons (Fsp3) is 0.529. The topological polar surface area (TPSA) is 78.9 Å². The summed E-state index contributed by atoms with van der Waals surface area (Å²) in [6, 6.07) is 5.63. The largest absolute Gasteiger partial charge is 0.496 e. The van der Waals surface area contributed by atoms with Gasteiger partial charge in [0, 0.05) is 24.7 Å². The summed E-state index contributed by atoms with van der Waals surface area (Å²) < 4.78 is 5.44. The number of anilines is 1. The van der Waals surface area contributed by atoms with E-state index in [1.807, 2.05) is 32.0 Å². The standard InChI is InChI=1S/C17H24N2O4/c1-11(2)16(20)18-13-4-5-15(23-3)14(10-13)12-6-8-19(9-7-12)17(21)22/h4-5,10-12H,6-9H2,1-3H3,(H,18,20)(H,21,22). The van der Waals surface area contributed by atoms with Crippen molar-refractivity contribution in [2.75, 3.05) is 25.5 Å². The van der Waals surface area contributed by atoms with E-state index in [9.17, 15) is 9.59 Å². The molecule has 1 aromatic rings. The van der Waals surface area contributed by atoms with Gasteiger partial charge in [-0.25, -0.2) is 4.79 Å². The fourth-order valence-electron chi connectivity index (χ4n) is 2.80. The maximum Gasteiger partial charge on any atom is 0.407 e. The van der Waals surface area contributed by atoms with Crippen molar-refractivity contribution in [1.29, 1.82) is 0 Å². The Morgan fingerprint density at radius 3 is 2.48 bits per heavy atom. The molecule has 1 aromatic carbocycles. The van der Waals surface area contributed by atoms with Gasteiger partial charge in [0.05, 0.1) is 7.11 Å². The number of piperidine rings is 1. The number of ether oxygens (including phenoxy) is 1. The number of nitrogens with zero attached hydrogens (tertiary/aromatic N) is 1. The Labute approximate surface area is 136 Å². The monoisotopic (exact) mass is 320 g/mol. The smallest absolute Gasteiger partial charge is 0.407 e. The van der Waals surface area contributed by atoms with E-state index in [1.54, 1.807) is 7.11 Å². The molecule has 0 unspecified atom stereocenters. The third-order valence-corrected chi connectivity index (χ3v) is 4.23. The van der Waals surface area contributed by atoms with Crippen molar-refractivity contribution >= 4 is 17.7 Å². The number of carbonyl (C=O) groups excluding carboxylic acids is 1. The number of likely N-dealkylation sites (tertiary alicyclic amines) is 1. The van der Waals surface area contributed by atoms with E-state index >= 15 is 0 Å². The first kappa shape index (κ1) is 17.1. The van der Waals surface area contributed by atoms with E-state index in [0.717, 1.165) is 29.8 Å². The third-order valence-electron chi connectivity index (χ3n) is 4.23. The van der Waals surface area contributed by atoms with Crippen LogP contribution in [0.1, 0.15) is 38.2 Å². The number of rotatable bonds is 4. The average molecular weight is 320 g/mol. The molecule has 126 valence electrons. The summed E-state index contributed by atoms with van der Waals surface area (Å²) in [5.41, 5.74) is 1.78. The van der Waals surface area contributed by atoms with Gasteiger partial charge in [-0.3, -0.25) is 4.79 Å². The number of hydrogen-bond donors (Lipinski definition) is 2. The molecule has 0 radical (unpaired) electrons. The number of carboxylic acid groups (broad SMARTS) is 1. The minimum Gasteiger partial charge on any atom is -0.496 e. The van der Waals surface area contributed by atoms with Crippen LogP contribution in [0.25, 0.3) is 0 Å². The zero-order valence-corrected chi connectivity index (χ0v) is 13.8. The second kappa shape index (κ2) is 7.35. The minimum atomic E-state index is -0.867. The van der Waals surface area contributed by atoms with Crippen LogP contribution < -0.4 is 10.1 Å². The molecule has 1 saturated heterocycles. The fourth-order valence-corrected chi connectivity index (χ4v) is 2.80. The van der Waals surface area contributed by atoms with Gasteiger partial charge in [-0.15, -0.1) is 0 Å². The first-order valence-electron chi connectivity index (χ1n) is 7.89. The quantitative estimate of drug-likeness (QED) is 0.893. The summed E-state index contributed by atoms with van der Waals surface area (Å²) >= 11 is 0. The Morgan fingerprint density at radius 2 is 1.96 bits per heavy atom. The molecule has 2 rings (SSSR count). The van der Waals surface area contributed by atoms with E-state index in [2.05, 4.69) is 5.32 Å². The molecular formula is C17H24N2O4. The molecule has 1 aliphatic heterocycles. The van der Waals surface area contributed by atoms with Crippen LogP contribution in [0.2, 0.25) is 0 Å². The van der Waals surface area contributed by atoms with Gasteiger partial charge in [-0.05, 0) is 42.5 Å². The maximum atomic E-state index is 11.9. The van der Waals surface area contributed by atoms with Crippen LogP contribution in [0.4, 0.5) is 10.5 Å². The van der Waals surface area contributed by atoms with Crippen LogP contribution in [-0.2, 0) is 4.79 Å². The van der Waals surface area contributed by atoms with E-state index < -0.39 is 6.09 Å². The molecule has 1 heterocycles. The number of benzene rings is 1. The minimum absolute atomic E-state index is 0.0261. The Kier molecular flexibility index (Phi) is 5.47. The van der Waals surface area contributed by atoms with E-state index in [-0.39, 0.29) is 17.7 Å². The first-order chi connectivity index (χ1) is 10.9. The highest BCUT2D eigenvalue weighted by molar-refractivity contribution is 5.92. The first-order valence-corrected chi connectivity index (χ1v) is 7.89. The SMILES string of the molecule is COc1ccc(NC(=O)C(C)C)cc1C1CCN(C(=O)O)CC1. The highest BCUT2D eigenvalue weighted by Crippen LogP contribution is 2.36. The van der Waals surface area contributed by atoms with Gasteiger partial charge in [-0.2, -0.15) is 0 Å². The lowest BCUT2D eigenvalue weighted by Gasteiger charge is -2.31. The van der Waals surface area contributed by atoms with Crippen LogP contribution in [0.15, 0.2) is 18.2 Å². The van der Waals surface area contributed by atoms with Crippen molar-refractivity contribution in [3.05, 3.63) is 23.8 Å². The van der Waals surface area contributed by atoms with Gasteiger partial charge in [0.2, 0.25) is 5.91 Å². The summed E-state index contributed by atoms with van der Waals surface area (Å²) in [5, 5.41) is 11.9. The molecule has 0 spiro atoms. The van der Waals surface area contributed by atoms with Gasteiger partial charge in [0.1, 0.15) is 5.75 Å². The molecule has 1 fully saturated rings. The number of nitrogens with one attached hydrogen (secondary N) is 1. The van der Waals surface area contributed by atoms with Crippen LogP contribution in [-0.4, -0.2) is 42.2 Å². The number of hydrogen-bond acceptors (Lipinski definition) is 3. The molecule has 0 aliphatic carbocycles. The number of carbonyl (C=O) groups is 2. The van der Waals surface area contributed by atoms with E-state index in [4.69, 9.17) is 9.84 Å². The van der Waals surface area contributed by atoms with Crippen molar-refractivity contribution in [2.45, 2.75) is 32.6 Å². The van der Waals surface area contributed by atoms with Crippen LogP contribution in [0, 0.1) is 5.92 Å². The Morgan fingerprint density at radius 1 is 1.30 bits per heavy atom. The van der Waals surface area contributed by atoms with Crippen LogP contribution in [0.5, 0.6) is 5.75 Å². The van der Waals surface area contributed by atoms with Gasteiger partial charge in [0.15, 0.2) is 0 Å². The Hall–Kier alpha value is -2.24. The van der Waals surface area contributed by atoms with Crippen molar-refractivity contribution in [1.82, 2.24) is 4.90 Å². The van der Waals surface area contributed by atoms with Gasteiger partial charge < -0.3 is 20.1 Å². The van der Waals surface area contributed by atoms with E-state index in [0.29, 0.717) is 13.1 Å². The zero-order valence-electron chi connectivity index (χ0n) is 13.8. The average Bonchev–Trinajstić information content (AvgIpc) is 2.54. The lowest BCUT2D eigenvalue weighted by molar-refractivity contribution is -0.118. The normalized spacial score (nSPS) is 15.6. The van der Waals surface area contributed by atoms with E-state index in [1.165, 1.54) is 4.90 Å². The molecule has 1 aliphatic rings. The molecule has 23 heavy (non-hydrogen) atoms. The molecule has 6 heteroatoms. The predicted octanol–water partition coefficient (Wildman–Crippen LogP) is 3.15. The van der Waals surface area contributed by atoms with Crippen molar-refractivity contribution in [2.24, 2.45) is 5.92 Å². The predicted molar refractivity (Wildman–Crippen MR) is 88.0 cm³/mol. The molecule has 0 saturated carbocycles. The highest BCUT2D eigenvalue weighted by atomic mass is 16.5. The molecular weight excluding hydrogens is 296 g/mol. The summed E-state index contributed by atoms with van der Waals surface area (Å²) in [4.78, 5) is 24.3. The highest BCUT2D eigenvalue weighted by Gasteiger charge is 2.25. The number of methoxy groups -OCH3 is 1. The van der Waals surface area contributed by atoms with Crippen molar-refractivity contribution < 1.29 is 19.4 Å². The molecule has 0 atom stereocenters. The lowest BCUT2D eigenvalue weighted by atomic mass is 9.88. The van der Waals surface area contributed by atoms with Gasteiger partial charge in [0.25, 0.3) is 0 Å².